The molecule has 4 aliphatic heterocycles. The fourth-order valence-electron chi connectivity index (χ4n) is 11.6. The first kappa shape index (κ1) is 55.0. The molecule has 2 amide bonds. The van der Waals surface area contributed by atoms with Crippen LogP contribution in [0.2, 0.25) is 0 Å². The SMILES string of the molecule is COC[C@@H]1C[C@H](C(=O)OCC(=O)c2ccc3c(c2)COc2cc4c(cc2-3)CCCC4=O)N(C(=O)OC(C)(C)C)C1.COC[C@H]1C[C@@H](c2ncc(-c3ccc4c(c3)COc3cc5c(cc3-4)CCCC5=O)[nH]2)N(C(=O)OC(C)(C)C)C1. The number of Topliss-reactive ketones (excluding diaryl/α,β-unsaturated/α-hetero) is 3. The first-order chi connectivity index (χ1) is 37.7. The normalized spacial score (nSPS) is 19.9. The second-order valence-corrected chi connectivity index (χ2v) is 23.5. The lowest BCUT2D eigenvalue weighted by Gasteiger charge is -2.27. The number of aromatic amines is 1. The van der Waals surface area contributed by atoms with Crippen molar-refractivity contribution in [2.45, 2.75) is 129 Å². The minimum atomic E-state index is -0.853. The van der Waals surface area contributed by atoms with Crippen molar-refractivity contribution in [2.75, 3.05) is 47.1 Å². The van der Waals surface area contributed by atoms with E-state index in [1.165, 1.54) is 4.90 Å². The summed E-state index contributed by atoms with van der Waals surface area (Å²) in [5.41, 5.74) is 10.7. The van der Waals surface area contributed by atoms with Crippen molar-refractivity contribution in [3.05, 3.63) is 112 Å². The van der Waals surface area contributed by atoms with Crippen LogP contribution in [0.4, 0.5) is 9.59 Å². The van der Waals surface area contributed by atoms with Gasteiger partial charge in [0, 0.05) is 79.8 Å². The Morgan fingerprint density at radius 1 is 0.633 bits per heavy atom. The largest absolute Gasteiger partial charge is 0.488 e. The van der Waals surface area contributed by atoms with Crippen molar-refractivity contribution in [3.8, 4) is 45.0 Å². The van der Waals surface area contributed by atoms with Gasteiger partial charge in [0.25, 0.3) is 0 Å². The number of aryl methyl sites for hydroxylation is 2. The minimum absolute atomic E-state index is 0.0435. The van der Waals surface area contributed by atoms with Crippen LogP contribution < -0.4 is 9.47 Å². The van der Waals surface area contributed by atoms with Crippen LogP contribution in [0.3, 0.4) is 0 Å². The predicted molar refractivity (Wildman–Crippen MR) is 292 cm³/mol. The van der Waals surface area contributed by atoms with Gasteiger partial charge in [0.1, 0.15) is 47.8 Å². The number of ether oxygens (including phenoxy) is 7. The van der Waals surface area contributed by atoms with E-state index in [-0.39, 0.29) is 47.9 Å². The Kier molecular flexibility index (Phi) is 15.6. The van der Waals surface area contributed by atoms with Crippen LogP contribution in [0.1, 0.15) is 145 Å². The highest BCUT2D eigenvalue weighted by Crippen LogP contribution is 2.44. The molecule has 1 aromatic heterocycles. The number of carbonyl (C=O) groups is 6. The van der Waals surface area contributed by atoms with E-state index in [0.717, 1.165) is 111 Å². The highest BCUT2D eigenvalue weighted by atomic mass is 16.6. The van der Waals surface area contributed by atoms with Crippen molar-refractivity contribution >= 4 is 35.5 Å². The van der Waals surface area contributed by atoms with Gasteiger partial charge in [-0.15, -0.1) is 0 Å². The van der Waals surface area contributed by atoms with Crippen molar-refractivity contribution in [3.63, 3.8) is 0 Å². The average Bonchev–Trinajstić information content (AvgIpc) is 4.33. The maximum Gasteiger partial charge on any atom is 0.411 e. The Hall–Kier alpha value is -7.37. The van der Waals surface area contributed by atoms with Crippen LogP contribution in [-0.2, 0) is 54.5 Å². The third kappa shape index (κ3) is 12.0. The second kappa shape index (κ2) is 22.4. The molecule has 1 N–H and O–H groups in total. The predicted octanol–water partition coefficient (Wildman–Crippen LogP) is 10.9. The highest BCUT2D eigenvalue weighted by Gasteiger charge is 2.43. The summed E-state index contributed by atoms with van der Waals surface area (Å²) in [5, 5.41) is 0. The van der Waals surface area contributed by atoms with Crippen molar-refractivity contribution < 1.29 is 61.9 Å². The summed E-state index contributed by atoms with van der Waals surface area (Å²) in [6.07, 6.45) is 6.70. The van der Waals surface area contributed by atoms with E-state index < -0.39 is 35.9 Å². The van der Waals surface area contributed by atoms with Gasteiger partial charge in [-0.2, -0.15) is 0 Å². The van der Waals surface area contributed by atoms with Crippen LogP contribution in [0.15, 0.2) is 66.9 Å². The Labute approximate surface area is 460 Å². The number of nitrogens with zero attached hydrogens (tertiary/aromatic N) is 3. The maximum atomic E-state index is 13.0. The number of H-pyrrole nitrogens is 1. The Balaban J connectivity index is 0.000000178. The van der Waals surface area contributed by atoms with Gasteiger partial charge >= 0.3 is 18.2 Å². The van der Waals surface area contributed by atoms with E-state index in [4.69, 9.17) is 38.1 Å². The summed E-state index contributed by atoms with van der Waals surface area (Å²) < 4.78 is 39.3. The van der Waals surface area contributed by atoms with E-state index in [2.05, 4.69) is 29.2 Å². The minimum Gasteiger partial charge on any atom is -0.488 e. The maximum absolute atomic E-state index is 13.0. The number of hydrogen-bond donors (Lipinski definition) is 1. The first-order valence-corrected chi connectivity index (χ1v) is 27.4. The van der Waals surface area contributed by atoms with Crippen LogP contribution in [0, 0.1) is 11.8 Å². The number of esters is 1. The zero-order valence-corrected chi connectivity index (χ0v) is 46.4. The number of carbonyl (C=O) groups excluding carboxylic acids is 6. The van der Waals surface area contributed by atoms with E-state index in [1.807, 2.05) is 51.2 Å². The molecule has 0 bridgehead atoms. The quantitative estimate of drug-likeness (QED) is 0.0786. The fraction of sp³-hybridized carbons (Fsp3) is 0.468. The molecule has 79 heavy (non-hydrogen) atoms. The van der Waals surface area contributed by atoms with Crippen LogP contribution >= 0.6 is 0 Å². The summed E-state index contributed by atoms with van der Waals surface area (Å²) in [6.45, 7) is 13.0. The number of likely N-dealkylation sites (tertiary alicyclic amines) is 2. The molecule has 0 spiro atoms. The Bertz CT molecular complexity index is 3220. The summed E-state index contributed by atoms with van der Waals surface area (Å²) in [6, 6.07) is 18.6. The van der Waals surface area contributed by atoms with Gasteiger partial charge in [-0.3, -0.25) is 24.2 Å². The molecule has 416 valence electrons. The van der Waals surface area contributed by atoms with Crippen molar-refractivity contribution in [1.82, 2.24) is 19.8 Å². The topological polar surface area (TPSA) is 202 Å². The fourth-order valence-corrected chi connectivity index (χ4v) is 11.6. The summed E-state index contributed by atoms with van der Waals surface area (Å²) in [7, 11) is 3.25. The highest BCUT2D eigenvalue weighted by molar-refractivity contribution is 6.02. The van der Waals surface area contributed by atoms with Gasteiger partial charge in [0.2, 0.25) is 0 Å². The summed E-state index contributed by atoms with van der Waals surface area (Å²) >= 11 is 0. The van der Waals surface area contributed by atoms with Gasteiger partial charge in [-0.1, -0.05) is 24.3 Å². The Morgan fingerprint density at radius 2 is 1.18 bits per heavy atom. The van der Waals surface area contributed by atoms with Crippen molar-refractivity contribution in [1.29, 1.82) is 0 Å². The number of imidazole rings is 1. The van der Waals surface area contributed by atoms with Crippen LogP contribution in [0.25, 0.3) is 33.5 Å². The lowest BCUT2D eigenvalue weighted by atomic mass is 9.86. The average molecular weight is 1080 g/mol. The summed E-state index contributed by atoms with van der Waals surface area (Å²) in [5.74, 6) is 1.72. The van der Waals surface area contributed by atoms with Gasteiger partial charge in [0.15, 0.2) is 24.0 Å². The van der Waals surface area contributed by atoms with E-state index in [0.29, 0.717) is 63.5 Å². The van der Waals surface area contributed by atoms with Gasteiger partial charge in [0.05, 0.1) is 31.1 Å². The van der Waals surface area contributed by atoms with Gasteiger partial charge in [-0.05, 0) is 155 Å². The smallest absolute Gasteiger partial charge is 0.411 e. The first-order valence-electron chi connectivity index (χ1n) is 27.4. The van der Waals surface area contributed by atoms with Crippen LogP contribution in [0.5, 0.6) is 11.5 Å². The third-order valence-corrected chi connectivity index (χ3v) is 15.3. The molecule has 6 aliphatic rings. The zero-order valence-electron chi connectivity index (χ0n) is 46.4. The molecule has 4 aromatic carbocycles. The number of methoxy groups -OCH3 is 2. The molecular weight excluding hydrogens is 1010 g/mol. The molecule has 0 saturated carbocycles. The molecule has 4 atom stereocenters. The number of hydrogen-bond acceptors (Lipinski definition) is 14. The molecular formula is C62H70N4O13. The van der Waals surface area contributed by atoms with E-state index in [1.54, 1.807) is 52.0 Å². The number of rotatable bonds is 10. The number of aromatic nitrogens is 2. The summed E-state index contributed by atoms with van der Waals surface area (Å²) in [4.78, 5) is 87.8. The third-order valence-electron chi connectivity index (χ3n) is 15.3. The zero-order chi connectivity index (χ0) is 55.9. The van der Waals surface area contributed by atoms with Gasteiger partial charge < -0.3 is 38.1 Å². The lowest BCUT2D eigenvalue weighted by molar-refractivity contribution is -0.147. The molecule has 2 saturated heterocycles. The number of ketones is 3. The molecule has 2 aliphatic carbocycles. The van der Waals surface area contributed by atoms with Crippen molar-refractivity contribution in [2.24, 2.45) is 11.8 Å². The number of nitrogens with one attached hydrogen (secondary N) is 1. The van der Waals surface area contributed by atoms with Gasteiger partial charge in [-0.25, -0.2) is 19.4 Å². The monoisotopic (exact) mass is 1080 g/mol. The molecule has 2 fully saturated rings. The number of fused-ring (bicyclic) bond motifs is 8. The molecule has 11 rings (SSSR count). The molecule has 5 aromatic rings. The lowest BCUT2D eigenvalue weighted by Crippen LogP contribution is -2.44. The molecule has 0 radical (unpaired) electrons. The number of amides is 2. The van der Waals surface area contributed by atoms with E-state index in [9.17, 15) is 28.8 Å². The van der Waals surface area contributed by atoms with Crippen LogP contribution in [-0.4, -0.2) is 120 Å². The standard InChI is InChI=1S/C31H35N3O5.C31H35NO8/c1-31(2,3)39-30(36)34-15-18(16-37-4)10-26(34)29-32-14-25(33-29)20-8-9-22-21(11-20)17-38-28-13-23-19(12-24(22)28)6-5-7-27(23)35;1-31(2,3)40-30(36)32-14-18(15-37-4)10-25(32)29(35)39-17-27(34)20-8-9-22-21(11-20)16-38-28-13-23-19(12-24(22)28)6-5-7-26(23)33/h8-9,11-14,18,26H,5-7,10,15-17H2,1-4H3,(H,32,33);8-9,11-13,18,25H,5-7,10,14-17H2,1-4H3/t18-,26-;18-,25-/m01/s1. The molecule has 17 heteroatoms. The Morgan fingerprint density at radius 3 is 1.76 bits per heavy atom. The molecule has 5 heterocycles. The molecule has 0 unspecified atom stereocenters. The second-order valence-electron chi connectivity index (χ2n) is 23.5. The van der Waals surface area contributed by atoms with E-state index >= 15 is 0 Å². The molecule has 17 nitrogen and oxygen atoms in total. The number of benzene rings is 4.